The molecule has 0 saturated carbocycles. The van der Waals surface area contributed by atoms with Gasteiger partial charge in [-0.1, -0.05) is 0 Å². The number of hydrogen-bond donors (Lipinski definition) is 2. The number of nitrogens with one attached hydrogen (secondary N) is 1. The zero-order valence-corrected chi connectivity index (χ0v) is 25.3. The van der Waals surface area contributed by atoms with E-state index in [0.29, 0.717) is 17.3 Å². The van der Waals surface area contributed by atoms with Crippen molar-refractivity contribution in [2.24, 2.45) is 9.98 Å². The molecule has 0 fully saturated rings. The summed E-state index contributed by atoms with van der Waals surface area (Å²) in [6.45, 7) is 0. The predicted octanol–water partition coefficient (Wildman–Crippen LogP) is 7.01. The zero-order chi connectivity index (χ0) is 30.2. The van der Waals surface area contributed by atoms with Gasteiger partial charge in [-0.05, 0) is 0 Å². The van der Waals surface area contributed by atoms with Crippen molar-refractivity contribution in [2.45, 2.75) is 6.17 Å². The average molecular weight is 604 g/mol. The Kier molecular flexibility index (Phi) is 6.83. The monoisotopic (exact) mass is 603 g/mol. The minimum absolute atomic E-state index is 0.344. The molecule has 5 nitrogen and oxygen atoms in total. The fourth-order valence-electron chi connectivity index (χ4n) is 6.23. The van der Waals surface area contributed by atoms with Gasteiger partial charge in [0.15, 0.2) is 0 Å². The summed E-state index contributed by atoms with van der Waals surface area (Å²) in [6, 6.07) is 52.4. The molecule has 0 aliphatic carbocycles. The molecule has 0 bridgehead atoms. The topological polar surface area (TPSA) is 70.1 Å². The van der Waals surface area contributed by atoms with Crippen molar-refractivity contribution in [1.29, 1.82) is 0 Å². The second-order valence-electron chi connectivity index (χ2n) is 11.2. The van der Waals surface area contributed by atoms with E-state index in [1.54, 1.807) is 0 Å². The Bertz CT molecular complexity index is 2160. The number of hydrogen-bond acceptors (Lipinski definition) is 5. The fourth-order valence-corrected chi connectivity index (χ4v) is 9.52. The molecule has 0 amide bonds. The quantitative estimate of drug-likeness (QED) is 0.201. The maximum atomic E-state index is 13.2. The van der Waals surface area contributed by atoms with Crippen LogP contribution < -0.4 is 21.2 Å². The number of para-hydroxylation sites is 1. The second kappa shape index (κ2) is 11.3. The molecule has 218 valence electrons. The van der Waals surface area contributed by atoms with Gasteiger partial charge in [-0.15, -0.1) is 0 Å². The summed E-state index contributed by atoms with van der Waals surface area (Å²) in [5.74, 6) is 1.31. The molecule has 6 aromatic carbocycles. The van der Waals surface area contributed by atoms with Gasteiger partial charge in [0.25, 0.3) is 0 Å². The third-order valence-electron chi connectivity index (χ3n) is 8.41. The van der Waals surface area contributed by atoms with Gasteiger partial charge < -0.3 is 0 Å². The minimum atomic E-state index is -3.55. The van der Waals surface area contributed by atoms with Crippen LogP contribution >= 0.6 is 7.49 Å². The van der Waals surface area contributed by atoms with Crippen molar-refractivity contribution in [3.05, 3.63) is 174 Å². The number of furan rings is 1. The average Bonchev–Trinajstić information content (AvgIpc) is 3.51. The zero-order valence-electron chi connectivity index (χ0n) is 24.3. The van der Waals surface area contributed by atoms with E-state index in [4.69, 9.17) is 14.4 Å². The van der Waals surface area contributed by atoms with Crippen LogP contribution in [0.3, 0.4) is 0 Å². The van der Waals surface area contributed by atoms with Crippen LogP contribution in [-0.2, 0) is 0 Å². The van der Waals surface area contributed by atoms with Gasteiger partial charge in [-0.25, -0.2) is 0 Å². The van der Waals surface area contributed by atoms with E-state index in [-0.39, 0.29) is 6.17 Å². The maximum absolute atomic E-state index is 13.2. The number of benzene rings is 6. The molecular weight excluding hydrogens is 573 g/mol. The molecule has 1 aliphatic rings. The molecule has 6 heteroatoms. The molecule has 8 rings (SSSR count). The van der Waals surface area contributed by atoms with Crippen LogP contribution in [0, 0.1) is 0 Å². The SMILES string of the molecule is O[PH](c1ccccc1)(c1ccccc1)c1cc(C2=NC(c3ccccc3)=NC(c3ccccc3)N2)cc2oc3ccccc3c12. The van der Waals surface area contributed by atoms with E-state index in [9.17, 15) is 4.89 Å². The first-order valence-electron chi connectivity index (χ1n) is 15.0. The van der Waals surface area contributed by atoms with Crippen LogP contribution in [0.1, 0.15) is 22.9 Å². The molecule has 2 heterocycles. The summed E-state index contributed by atoms with van der Waals surface area (Å²) in [4.78, 5) is 23.3. The molecule has 1 aliphatic heterocycles. The van der Waals surface area contributed by atoms with Gasteiger partial charge in [0, 0.05) is 0 Å². The summed E-state index contributed by atoms with van der Waals surface area (Å²) < 4.78 is 6.51. The number of fused-ring (bicyclic) bond motifs is 3. The Balaban J connectivity index is 1.40. The molecule has 0 saturated heterocycles. The molecule has 7 aromatic rings. The van der Waals surface area contributed by atoms with Crippen LogP contribution in [0.4, 0.5) is 0 Å². The summed E-state index contributed by atoms with van der Waals surface area (Å²) >= 11 is 0. The van der Waals surface area contributed by atoms with E-state index in [0.717, 1.165) is 49.0 Å². The summed E-state index contributed by atoms with van der Waals surface area (Å²) in [7, 11) is -3.55. The Hall–Kier alpha value is -5.35. The van der Waals surface area contributed by atoms with Crippen LogP contribution in [0.2, 0.25) is 0 Å². The van der Waals surface area contributed by atoms with Crippen molar-refractivity contribution >= 4 is 57.0 Å². The van der Waals surface area contributed by atoms with Gasteiger partial charge >= 0.3 is 262 Å². The van der Waals surface area contributed by atoms with Crippen LogP contribution in [-0.4, -0.2) is 16.6 Å². The summed E-state index contributed by atoms with van der Waals surface area (Å²) in [5, 5.41) is 8.13. The first kappa shape index (κ1) is 27.2. The normalized spacial score (nSPS) is 15.4. The van der Waals surface area contributed by atoms with Gasteiger partial charge in [-0.3, -0.25) is 0 Å². The van der Waals surface area contributed by atoms with Crippen LogP contribution in [0.15, 0.2) is 172 Å². The molecule has 1 atom stereocenters. The number of nitrogens with zero attached hydrogens (tertiary/aromatic N) is 2. The van der Waals surface area contributed by atoms with Crippen molar-refractivity contribution in [3.63, 3.8) is 0 Å². The molecule has 2 N–H and O–H groups in total. The van der Waals surface area contributed by atoms with E-state index in [1.807, 2.05) is 133 Å². The Morgan fingerprint density at radius 2 is 1.18 bits per heavy atom. The Labute approximate surface area is 261 Å². The van der Waals surface area contributed by atoms with E-state index >= 15 is 0 Å². The third-order valence-corrected chi connectivity index (χ3v) is 11.9. The van der Waals surface area contributed by atoms with Gasteiger partial charge in [-0.2, -0.15) is 0 Å². The van der Waals surface area contributed by atoms with Gasteiger partial charge in [0.05, 0.1) is 0 Å². The van der Waals surface area contributed by atoms with Crippen molar-refractivity contribution in [2.75, 3.05) is 0 Å². The third kappa shape index (κ3) is 4.83. The van der Waals surface area contributed by atoms with Crippen LogP contribution in [0.5, 0.6) is 0 Å². The van der Waals surface area contributed by atoms with Gasteiger partial charge in [0.1, 0.15) is 0 Å². The standard InChI is InChI=1S/C39H30N3O2P/c43-45(30-19-9-3-10-20-30,31-21-11-4-12-22-31)35-26-29(25-34-36(35)32-23-13-14-24-33(32)44-34)39-41-37(27-15-5-1-6-16-27)40-38(42-39)28-17-7-2-8-18-28/h1-26,37,43,45H,(H,40,41,42). The number of amidine groups is 2. The summed E-state index contributed by atoms with van der Waals surface area (Å²) in [6.07, 6.45) is -0.344. The van der Waals surface area contributed by atoms with E-state index in [2.05, 4.69) is 29.6 Å². The molecule has 1 unspecified atom stereocenters. The van der Waals surface area contributed by atoms with E-state index in [1.165, 1.54) is 0 Å². The van der Waals surface area contributed by atoms with Crippen molar-refractivity contribution in [3.8, 4) is 0 Å². The second-order valence-corrected chi connectivity index (χ2v) is 14.3. The Morgan fingerprint density at radius 3 is 1.84 bits per heavy atom. The van der Waals surface area contributed by atoms with Crippen molar-refractivity contribution < 1.29 is 9.31 Å². The van der Waals surface area contributed by atoms with Crippen LogP contribution in [0.25, 0.3) is 21.9 Å². The molecule has 0 spiro atoms. The molecule has 1 aromatic heterocycles. The molecule has 45 heavy (non-hydrogen) atoms. The number of aliphatic imine (C=N–C) groups is 2. The predicted molar refractivity (Wildman–Crippen MR) is 188 cm³/mol. The number of rotatable bonds is 6. The first-order valence-corrected chi connectivity index (χ1v) is 17.0. The summed E-state index contributed by atoms with van der Waals surface area (Å²) in [5.41, 5.74) is 4.25. The van der Waals surface area contributed by atoms with Gasteiger partial charge in [0.2, 0.25) is 0 Å². The van der Waals surface area contributed by atoms with E-state index < -0.39 is 7.49 Å². The fraction of sp³-hybridized carbons (Fsp3) is 0.0256. The van der Waals surface area contributed by atoms with Crippen molar-refractivity contribution in [1.82, 2.24) is 5.32 Å². The molecule has 0 radical (unpaired) electrons. The Morgan fingerprint density at radius 1 is 0.600 bits per heavy atom. The molecular formula is C39H30N3O2P. The first-order chi connectivity index (χ1) is 22.2.